The fourth-order valence-corrected chi connectivity index (χ4v) is 3.71. The number of carbonyl (C=O) groups excluding carboxylic acids is 3. The van der Waals surface area contributed by atoms with E-state index in [1.165, 1.54) is 10.9 Å². The number of halogens is 1. The van der Waals surface area contributed by atoms with E-state index in [-0.39, 0.29) is 24.4 Å². The maximum absolute atomic E-state index is 12.9. The van der Waals surface area contributed by atoms with E-state index in [9.17, 15) is 14.4 Å². The zero-order valence-electron chi connectivity index (χ0n) is 19.6. The highest BCUT2D eigenvalue weighted by Crippen LogP contribution is 2.21. The maximum Gasteiger partial charge on any atom is 0.273 e. The Kier molecular flexibility index (Phi) is 8.07. The molecule has 0 aliphatic carbocycles. The molecule has 4 N–H and O–H groups in total. The Labute approximate surface area is 217 Å². The molecule has 0 spiro atoms. The number of aromatic nitrogens is 2. The van der Waals surface area contributed by atoms with Crippen LogP contribution in [0.2, 0.25) is 5.02 Å². The predicted octanol–water partition coefficient (Wildman–Crippen LogP) is 3.63. The van der Waals surface area contributed by atoms with Crippen LogP contribution in [0.3, 0.4) is 0 Å². The first-order chi connectivity index (χ1) is 17.9. The number of carbonyl (C=O) groups is 3. The van der Waals surface area contributed by atoms with Gasteiger partial charge in [0.2, 0.25) is 11.8 Å². The Morgan fingerprint density at radius 2 is 1.68 bits per heavy atom. The zero-order valence-corrected chi connectivity index (χ0v) is 20.4. The number of hydrazone groups is 1. The lowest BCUT2D eigenvalue weighted by Gasteiger charge is -2.10. The second kappa shape index (κ2) is 11.8. The zero-order chi connectivity index (χ0) is 26.2. The van der Waals surface area contributed by atoms with Gasteiger partial charge in [0, 0.05) is 22.3 Å². The van der Waals surface area contributed by atoms with Crippen molar-refractivity contribution in [3.8, 4) is 11.3 Å². The molecule has 10 heteroatoms. The molecular formula is C27H23ClN6O3. The molecule has 1 aromatic heterocycles. The Bertz CT molecular complexity index is 1450. The molecule has 37 heavy (non-hydrogen) atoms. The van der Waals surface area contributed by atoms with Crippen LogP contribution in [-0.2, 0) is 22.6 Å². The maximum atomic E-state index is 12.9. The summed E-state index contributed by atoms with van der Waals surface area (Å²) in [5.74, 6) is -1.32. The Hall–Kier alpha value is -4.76. The summed E-state index contributed by atoms with van der Waals surface area (Å²) in [6.07, 6.45) is 3.18. The first-order valence-corrected chi connectivity index (χ1v) is 11.6. The van der Waals surface area contributed by atoms with E-state index in [0.29, 0.717) is 22.0 Å². The van der Waals surface area contributed by atoms with E-state index in [0.717, 1.165) is 11.1 Å². The molecule has 0 unspecified atom stereocenters. The van der Waals surface area contributed by atoms with Gasteiger partial charge in [0.1, 0.15) is 12.2 Å². The van der Waals surface area contributed by atoms with Crippen molar-refractivity contribution >= 4 is 41.2 Å². The van der Waals surface area contributed by atoms with Gasteiger partial charge in [0.25, 0.3) is 5.91 Å². The number of para-hydroxylation sites is 1. The molecule has 186 valence electrons. The third-order valence-electron chi connectivity index (χ3n) is 5.25. The first-order valence-electron chi connectivity index (χ1n) is 11.3. The molecule has 0 bridgehead atoms. The van der Waals surface area contributed by atoms with Crippen LogP contribution in [0.1, 0.15) is 21.5 Å². The third kappa shape index (κ3) is 6.89. The summed E-state index contributed by atoms with van der Waals surface area (Å²) in [4.78, 5) is 36.8. The summed E-state index contributed by atoms with van der Waals surface area (Å²) in [5.41, 5.74) is 11.1. The van der Waals surface area contributed by atoms with Gasteiger partial charge in [0.15, 0.2) is 0 Å². The van der Waals surface area contributed by atoms with Gasteiger partial charge < -0.3 is 11.1 Å². The molecule has 0 aliphatic rings. The highest BCUT2D eigenvalue weighted by molar-refractivity contribution is 6.30. The molecular weight excluding hydrogens is 492 g/mol. The van der Waals surface area contributed by atoms with Gasteiger partial charge in [-0.05, 0) is 29.8 Å². The van der Waals surface area contributed by atoms with E-state index < -0.39 is 11.8 Å². The minimum atomic E-state index is -0.534. The summed E-state index contributed by atoms with van der Waals surface area (Å²) in [7, 11) is 0. The lowest BCUT2D eigenvalue weighted by Crippen LogP contribution is -2.22. The number of nitrogens with two attached hydrogens (primary N) is 1. The van der Waals surface area contributed by atoms with E-state index >= 15 is 0 Å². The molecule has 9 nitrogen and oxygen atoms in total. The normalized spacial score (nSPS) is 10.8. The molecule has 0 atom stereocenters. The molecule has 0 radical (unpaired) electrons. The molecule has 0 aliphatic heterocycles. The minimum absolute atomic E-state index is 0.0941. The number of hydrogen-bond donors (Lipinski definition) is 3. The average Bonchev–Trinajstić information content (AvgIpc) is 3.28. The van der Waals surface area contributed by atoms with Gasteiger partial charge in [-0.3, -0.25) is 19.1 Å². The second-order valence-corrected chi connectivity index (χ2v) is 8.50. The molecule has 3 aromatic carbocycles. The third-order valence-corrected chi connectivity index (χ3v) is 5.50. The van der Waals surface area contributed by atoms with Crippen LogP contribution in [0.25, 0.3) is 11.3 Å². The topological polar surface area (TPSA) is 131 Å². The predicted molar refractivity (Wildman–Crippen MR) is 142 cm³/mol. The first kappa shape index (κ1) is 25.3. The fraction of sp³-hybridized carbons (Fsp3) is 0.0741. The van der Waals surface area contributed by atoms with Crippen molar-refractivity contribution in [2.24, 2.45) is 10.8 Å². The number of benzene rings is 3. The summed E-state index contributed by atoms with van der Waals surface area (Å²) < 4.78 is 1.42. The summed E-state index contributed by atoms with van der Waals surface area (Å²) in [6.45, 7) is -0.0941. The number of amides is 3. The van der Waals surface area contributed by atoms with E-state index in [2.05, 4.69) is 20.9 Å². The van der Waals surface area contributed by atoms with Crippen LogP contribution < -0.4 is 16.5 Å². The van der Waals surface area contributed by atoms with Gasteiger partial charge in [-0.15, -0.1) is 0 Å². The molecule has 4 aromatic rings. The minimum Gasteiger partial charge on any atom is -0.368 e. The number of primary amides is 1. The van der Waals surface area contributed by atoms with Crippen molar-refractivity contribution < 1.29 is 14.4 Å². The molecule has 1 heterocycles. The highest BCUT2D eigenvalue weighted by Gasteiger charge is 2.14. The van der Waals surface area contributed by atoms with Crippen molar-refractivity contribution in [2.75, 3.05) is 5.32 Å². The molecule has 4 rings (SSSR count). The fourth-order valence-electron chi connectivity index (χ4n) is 3.59. The monoisotopic (exact) mass is 514 g/mol. The van der Waals surface area contributed by atoms with Crippen molar-refractivity contribution in [1.29, 1.82) is 0 Å². The lowest BCUT2D eigenvalue weighted by atomic mass is 10.1. The number of nitrogens with one attached hydrogen (secondary N) is 2. The summed E-state index contributed by atoms with van der Waals surface area (Å²) in [5, 5.41) is 11.9. The van der Waals surface area contributed by atoms with Crippen LogP contribution in [0, 0.1) is 0 Å². The van der Waals surface area contributed by atoms with Crippen LogP contribution in [-0.4, -0.2) is 33.7 Å². The van der Waals surface area contributed by atoms with Crippen molar-refractivity contribution in [3.05, 3.63) is 107 Å². The average molecular weight is 515 g/mol. The number of nitrogens with zero attached hydrogens (tertiary/aromatic N) is 3. The number of hydrogen-bond acceptors (Lipinski definition) is 5. The van der Waals surface area contributed by atoms with Gasteiger partial charge in [0.05, 0.1) is 23.9 Å². The van der Waals surface area contributed by atoms with Gasteiger partial charge in [-0.25, -0.2) is 5.43 Å². The van der Waals surface area contributed by atoms with E-state index in [1.54, 1.807) is 54.7 Å². The summed E-state index contributed by atoms with van der Waals surface area (Å²) in [6, 6.07) is 22.9. The molecule has 0 fully saturated rings. The van der Waals surface area contributed by atoms with Crippen LogP contribution in [0.4, 0.5) is 5.69 Å². The Morgan fingerprint density at radius 1 is 0.973 bits per heavy atom. The molecule has 0 saturated heterocycles. The van der Waals surface area contributed by atoms with Crippen molar-refractivity contribution in [1.82, 2.24) is 15.2 Å². The van der Waals surface area contributed by atoms with Crippen molar-refractivity contribution in [2.45, 2.75) is 13.0 Å². The second-order valence-electron chi connectivity index (χ2n) is 8.06. The van der Waals surface area contributed by atoms with Gasteiger partial charge in [-0.2, -0.15) is 10.2 Å². The van der Waals surface area contributed by atoms with E-state index in [1.807, 2.05) is 30.3 Å². The van der Waals surface area contributed by atoms with Crippen LogP contribution >= 0.6 is 11.6 Å². The summed E-state index contributed by atoms with van der Waals surface area (Å²) >= 11 is 5.90. The Morgan fingerprint density at radius 3 is 2.41 bits per heavy atom. The Balaban J connectivity index is 1.47. The quantitative estimate of drug-likeness (QED) is 0.232. The SMILES string of the molecule is NC(=O)Cn1cc(C=NNC(=O)c2ccccc2NC(=O)Cc2ccc(Cl)cc2)c(-c2ccccc2)n1. The highest BCUT2D eigenvalue weighted by atomic mass is 35.5. The van der Waals surface area contributed by atoms with Gasteiger partial charge >= 0.3 is 0 Å². The lowest BCUT2D eigenvalue weighted by molar-refractivity contribution is -0.118. The standard InChI is InChI=1S/C27H23ClN6O3/c28-21-12-10-18(11-13-21)14-25(36)31-23-9-5-4-8-22(23)27(37)32-30-15-20-16-34(17-24(29)35)33-26(20)19-6-2-1-3-7-19/h1-13,15-16H,14,17H2,(H2,29,35)(H,31,36)(H,32,37). The number of rotatable bonds is 9. The van der Waals surface area contributed by atoms with Crippen LogP contribution in [0.5, 0.6) is 0 Å². The largest absolute Gasteiger partial charge is 0.368 e. The van der Waals surface area contributed by atoms with E-state index in [4.69, 9.17) is 17.3 Å². The van der Waals surface area contributed by atoms with Gasteiger partial charge in [-0.1, -0.05) is 66.2 Å². The smallest absolute Gasteiger partial charge is 0.273 e. The molecule has 0 saturated carbocycles. The van der Waals surface area contributed by atoms with Crippen LogP contribution in [0.15, 0.2) is 90.2 Å². The van der Waals surface area contributed by atoms with Crippen molar-refractivity contribution in [3.63, 3.8) is 0 Å². The number of anilines is 1. The molecule has 3 amide bonds.